The predicted molar refractivity (Wildman–Crippen MR) is 113 cm³/mol. The molecule has 3 aromatic rings. The molecule has 0 spiro atoms. The highest BCUT2D eigenvalue weighted by molar-refractivity contribution is 6.35. The highest BCUT2D eigenvalue weighted by atomic mass is 35.5. The molecule has 0 aliphatic carbocycles. The van der Waals surface area contributed by atoms with Gasteiger partial charge in [-0.2, -0.15) is 13.2 Å². The molecular weight excluding hydrogens is 471 g/mol. The first-order chi connectivity index (χ1) is 15.0. The number of rotatable bonds is 6. The molecule has 0 bridgehead atoms. The van der Waals surface area contributed by atoms with E-state index in [2.05, 4.69) is 10.3 Å². The molecule has 1 atom stereocenters. The van der Waals surface area contributed by atoms with Gasteiger partial charge in [-0.15, -0.1) is 0 Å². The molecule has 1 N–H and O–H groups in total. The summed E-state index contributed by atoms with van der Waals surface area (Å²) in [6, 6.07) is 9.88. The van der Waals surface area contributed by atoms with Gasteiger partial charge >= 0.3 is 6.18 Å². The molecule has 0 fully saturated rings. The van der Waals surface area contributed by atoms with E-state index in [4.69, 9.17) is 27.9 Å². The van der Waals surface area contributed by atoms with Crippen LogP contribution in [-0.2, 0) is 6.18 Å². The molecule has 0 saturated heterocycles. The van der Waals surface area contributed by atoms with Crippen LogP contribution in [0.15, 0.2) is 54.7 Å². The van der Waals surface area contributed by atoms with Gasteiger partial charge in [-0.25, -0.2) is 4.39 Å². The Morgan fingerprint density at radius 2 is 1.91 bits per heavy atom. The van der Waals surface area contributed by atoms with Crippen LogP contribution in [0.1, 0.15) is 33.4 Å². The van der Waals surface area contributed by atoms with Crippen molar-refractivity contribution in [2.75, 3.05) is 6.54 Å². The van der Waals surface area contributed by atoms with Crippen molar-refractivity contribution in [3.63, 3.8) is 0 Å². The molecule has 10 heteroatoms. The number of carbonyl (C=O) groups excluding carboxylic acids is 1. The molecule has 1 heterocycles. The Kier molecular flexibility index (Phi) is 7.26. The summed E-state index contributed by atoms with van der Waals surface area (Å²) in [6.07, 6.45) is -4.95. The van der Waals surface area contributed by atoms with Crippen LogP contribution < -0.4 is 10.1 Å². The average molecular weight is 487 g/mol. The zero-order valence-corrected chi connectivity index (χ0v) is 18.0. The van der Waals surface area contributed by atoms with E-state index < -0.39 is 30.4 Å². The van der Waals surface area contributed by atoms with E-state index in [1.165, 1.54) is 42.6 Å². The number of alkyl halides is 4. The summed E-state index contributed by atoms with van der Waals surface area (Å²) in [6.45, 7) is 1.22. The van der Waals surface area contributed by atoms with E-state index in [1.54, 1.807) is 6.92 Å². The number of carbonyl (C=O) groups is 1. The second-order valence-electron chi connectivity index (χ2n) is 6.79. The summed E-state index contributed by atoms with van der Waals surface area (Å²) in [5.41, 5.74) is -0.294. The molecule has 3 rings (SSSR count). The van der Waals surface area contributed by atoms with Crippen LogP contribution in [-0.4, -0.2) is 17.4 Å². The second kappa shape index (κ2) is 9.75. The first-order valence-corrected chi connectivity index (χ1v) is 9.99. The van der Waals surface area contributed by atoms with Gasteiger partial charge in [0, 0.05) is 21.3 Å². The number of nitrogens with one attached hydrogen (secondary N) is 1. The third-order valence-corrected chi connectivity index (χ3v) is 4.94. The van der Waals surface area contributed by atoms with Crippen molar-refractivity contribution in [1.29, 1.82) is 0 Å². The summed E-state index contributed by atoms with van der Waals surface area (Å²) < 4.78 is 58.9. The fraction of sp³-hybridized carbons (Fsp3) is 0.182. The molecule has 4 nitrogen and oxygen atoms in total. The number of hydrogen-bond donors (Lipinski definition) is 1. The largest absolute Gasteiger partial charge is 0.455 e. The van der Waals surface area contributed by atoms with Crippen molar-refractivity contribution in [1.82, 2.24) is 10.3 Å². The zero-order chi connectivity index (χ0) is 23.5. The van der Waals surface area contributed by atoms with Crippen molar-refractivity contribution in [3.05, 3.63) is 87.2 Å². The number of pyridine rings is 1. The van der Waals surface area contributed by atoms with Crippen LogP contribution in [0.2, 0.25) is 10.0 Å². The van der Waals surface area contributed by atoms with Gasteiger partial charge < -0.3 is 10.1 Å². The number of aromatic nitrogens is 1. The predicted octanol–water partition coefficient (Wildman–Crippen LogP) is 6.95. The minimum Gasteiger partial charge on any atom is -0.455 e. The van der Waals surface area contributed by atoms with Gasteiger partial charge in [0.1, 0.15) is 11.9 Å². The van der Waals surface area contributed by atoms with E-state index in [9.17, 15) is 22.4 Å². The summed E-state index contributed by atoms with van der Waals surface area (Å²) in [4.78, 5) is 16.7. The number of nitrogens with zero attached hydrogens (tertiary/aromatic N) is 1. The molecular formula is C22H16Cl2F4N2O2. The van der Waals surface area contributed by atoms with E-state index >= 15 is 0 Å². The van der Waals surface area contributed by atoms with Crippen molar-refractivity contribution < 1.29 is 27.1 Å². The first kappa shape index (κ1) is 23.8. The Morgan fingerprint density at radius 3 is 2.59 bits per heavy atom. The Balaban J connectivity index is 1.78. The van der Waals surface area contributed by atoms with Crippen LogP contribution in [0, 0.1) is 6.92 Å². The maximum atomic E-state index is 14.6. The lowest BCUT2D eigenvalue weighted by atomic mass is 10.1. The van der Waals surface area contributed by atoms with Crippen LogP contribution in [0.3, 0.4) is 0 Å². The summed E-state index contributed by atoms with van der Waals surface area (Å²) in [5.74, 6) is -0.895. The average Bonchev–Trinajstić information content (AvgIpc) is 2.72. The van der Waals surface area contributed by atoms with Crippen molar-refractivity contribution in [3.8, 4) is 11.5 Å². The molecule has 0 aliphatic heterocycles. The number of amides is 1. The fourth-order valence-corrected chi connectivity index (χ4v) is 3.34. The van der Waals surface area contributed by atoms with E-state index in [-0.39, 0.29) is 27.6 Å². The Labute approximate surface area is 191 Å². The normalized spacial score (nSPS) is 12.3. The molecule has 0 saturated carbocycles. The van der Waals surface area contributed by atoms with Gasteiger partial charge in [-0.1, -0.05) is 35.3 Å². The Morgan fingerprint density at radius 1 is 1.16 bits per heavy atom. The highest BCUT2D eigenvalue weighted by Crippen LogP contribution is 2.33. The van der Waals surface area contributed by atoms with Gasteiger partial charge in [0.15, 0.2) is 5.75 Å². The Bertz CT molecular complexity index is 1140. The van der Waals surface area contributed by atoms with Crippen LogP contribution in [0.5, 0.6) is 11.5 Å². The zero-order valence-electron chi connectivity index (χ0n) is 16.5. The van der Waals surface area contributed by atoms with Crippen LogP contribution >= 0.6 is 23.2 Å². The molecule has 0 aliphatic rings. The highest BCUT2D eigenvalue weighted by Gasteiger charge is 2.30. The van der Waals surface area contributed by atoms with Crippen molar-refractivity contribution in [2.45, 2.75) is 19.3 Å². The number of aryl methyl sites for hydroxylation is 1. The second-order valence-corrected chi connectivity index (χ2v) is 7.64. The molecule has 1 aromatic heterocycles. The van der Waals surface area contributed by atoms with Crippen molar-refractivity contribution >= 4 is 29.1 Å². The lowest BCUT2D eigenvalue weighted by molar-refractivity contribution is -0.137. The molecule has 1 unspecified atom stereocenters. The number of benzene rings is 2. The third kappa shape index (κ3) is 5.89. The maximum Gasteiger partial charge on any atom is 0.416 e. The lowest BCUT2D eigenvalue weighted by Gasteiger charge is -2.15. The lowest BCUT2D eigenvalue weighted by Crippen LogP contribution is -2.27. The van der Waals surface area contributed by atoms with E-state index in [1.807, 2.05) is 0 Å². The molecule has 32 heavy (non-hydrogen) atoms. The van der Waals surface area contributed by atoms with Crippen LogP contribution in [0.25, 0.3) is 0 Å². The molecule has 0 radical (unpaired) electrons. The van der Waals surface area contributed by atoms with Gasteiger partial charge in [0.05, 0.1) is 23.9 Å². The summed E-state index contributed by atoms with van der Waals surface area (Å²) in [5, 5.41) is 2.90. The topological polar surface area (TPSA) is 51.2 Å². The minimum atomic E-state index is -4.55. The summed E-state index contributed by atoms with van der Waals surface area (Å²) in [7, 11) is 0. The molecule has 168 valence electrons. The number of ether oxygens (including phenoxy) is 1. The minimum absolute atomic E-state index is 0.00989. The molecule has 2 aromatic carbocycles. The fourth-order valence-electron chi connectivity index (χ4n) is 2.81. The quantitative estimate of drug-likeness (QED) is 0.383. The Hall–Kier alpha value is -2.84. The van der Waals surface area contributed by atoms with Gasteiger partial charge in [-0.05, 0) is 43.3 Å². The van der Waals surface area contributed by atoms with Crippen LogP contribution in [0.4, 0.5) is 17.6 Å². The van der Waals surface area contributed by atoms with Gasteiger partial charge in [-0.3, -0.25) is 9.78 Å². The third-order valence-electron chi connectivity index (χ3n) is 4.38. The summed E-state index contributed by atoms with van der Waals surface area (Å²) >= 11 is 11.8. The first-order valence-electron chi connectivity index (χ1n) is 9.23. The number of halogens is 6. The SMILES string of the molecule is Cc1cc(C(=O)NCC(F)c2ccc(Cl)cc2Cl)c(Oc2cccc(C(F)(F)F)c2)cn1. The monoisotopic (exact) mass is 486 g/mol. The van der Waals surface area contributed by atoms with Gasteiger partial charge in [0.2, 0.25) is 0 Å². The maximum absolute atomic E-state index is 14.6. The van der Waals surface area contributed by atoms with Crippen molar-refractivity contribution in [2.24, 2.45) is 0 Å². The van der Waals surface area contributed by atoms with Gasteiger partial charge in [0.25, 0.3) is 5.91 Å². The molecule has 1 amide bonds. The smallest absolute Gasteiger partial charge is 0.416 e. The number of hydrogen-bond acceptors (Lipinski definition) is 3. The van der Waals surface area contributed by atoms with E-state index in [0.29, 0.717) is 10.7 Å². The standard InChI is InChI=1S/C22H16Cl2F4N2O2/c1-12-7-17(21(31)30-10-19(25)16-6-5-14(23)9-18(16)24)20(11-29-12)32-15-4-2-3-13(8-15)22(26,27)28/h2-9,11,19H,10H2,1H3,(H,30,31). The van der Waals surface area contributed by atoms with E-state index in [0.717, 1.165) is 12.1 Å².